The highest BCUT2D eigenvalue weighted by atomic mass is 19.1. The smallest absolute Gasteiger partial charge is 0.319 e. The molecule has 238 valence electrons. The molecule has 2 aliphatic heterocycles. The SMILES string of the molecule is C#Cc1c(F)ccc2cc(O)cc(-c3ncc4c(N5CCCCC(NC(=O)C=C)C5)nc(OC[C@@H]5C[C@@H](F)CN5C)nc4c3F)c12. The minimum atomic E-state index is -0.979. The molecule has 3 atom stereocenters. The highest BCUT2D eigenvalue weighted by Crippen LogP contribution is 2.39. The fourth-order valence-electron chi connectivity index (χ4n) is 6.36. The number of fused-ring (bicyclic) bond motifs is 2. The zero-order valence-electron chi connectivity index (χ0n) is 25.3. The Morgan fingerprint density at radius 2 is 2.09 bits per heavy atom. The number of ether oxygens (including phenoxy) is 1. The first-order valence-corrected chi connectivity index (χ1v) is 15.1. The van der Waals surface area contributed by atoms with Gasteiger partial charge in [-0.05, 0) is 62.4 Å². The van der Waals surface area contributed by atoms with E-state index in [9.17, 15) is 18.7 Å². The third kappa shape index (κ3) is 6.02. The lowest BCUT2D eigenvalue weighted by atomic mass is 9.96. The second-order valence-electron chi connectivity index (χ2n) is 11.8. The standard InChI is InChI=1S/C34H33F3N6O3/c1-4-24-27(36)10-9-19-12-23(44)14-25(29(19)24)31-30(37)32-26(15-38-31)33(43-11-7-6-8-21(17-43)39-28(45)5-2)41-34(40-32)46-18-22-13-20(35)16-42(22)3/h1,5,9-10,12,14-15,20-22,44H,2,6-8,11,13,16-18H2,3H3,(H,39,45)/t20-,21?,22+/m1/s1. The fraction of sp³-hybridized carbons (Fsp3) is 0.353. The number of phenols is 1. The summed E-state index contributed by atoms with van der Waals surface area (Å²) < 4.78 is 51.6. The number of pyridine rings is 1. The minimum absolute atomic E-state index is 0.0848. The van der Waals surface area contributed by atoms with Crippen molar-refractivity contribution in [3.8, 4) is 35.4 Å². The van der Waals surface area contributed by atoms with Gasteiger partial charge in [-0.3, -0.25) is 14.7 Å². The van der Waals surface area contributed by atoms with Crippen molar-refractivity contribution >= 4 is 33.4 Å². The van der Waals surface area contributed by atoms with E-state index in [0.717, 1.165) is 19.3 Å². The van der Waals surface area contributed by atoms with Gasteiger partial charge in [0.15, 0.2) is 5.82 Å². The van der Waals surface area contributed by atoms with Gasteiger partial charge in [0, 0.05) is 48.9 Å². The molecule has 2 fully saturated rings. The van der Waals surface area contributed by atoms with Crippen LogP contribution in [-0.4, -0.2) is 82.4 Å². The summed E-state index contributed by atoms with van der Waals surface area (Å²) >= 11 is 0. The van der Waals surface area contributed by atoms with Crippen LogP contribution in [0.3, 0.4) is 0 Å². The van der Waals surface area contributed by atoms with Gasteiger partial charge in [0.1, 0.15) is 41.4 Å². The lowest BCUT2D eigenvalue weighted by Crippen LogP contribution is -2.42. The Morgan fingerprint density at radius 1 is 1.26 bits per heavy atom. The summed E-state index contributed by atoms with van der Waals surface area (Å²) in [6, 6.07) is 4.78. The summed E-state index contributed by atoms with van der Waals surface area (Å²) in [5.41, 5.74) is -0.314. The molecule has 12 heteroatoms. The van der Waals surface area contributed by atoms with E-state index < -0.39 is 17.8 Å². The number of likely N-dealkylation sites (tertiary alicyclic amines) is 1. The van der Waals surface area contributed by atoms with Crippen molar-refractivity contribution in [3.05, 3.63) is 60.3 Å². The number of carbonyl (C=O) groups is 1. The number of nitrogens with one attached hydrogen (secondary N) is 1. The lowest BCUT2D eigenvalue weighted by Gasteiger charge is -2.27. The first kappa shape index (κ1) is 31.1. The number of likely N-dealkylation sites (N-methyl/N-ethyl adjacent to an activating group) is 1. The zero-order chi connectivity index (χ0) is 32.5. The van der Waals surface area contributed by atoms with Crippen LogP contribution in [0, 0.1) is 24.0 Å². The maximum atomic E-state index is 16.7. The van der Waals surface area contributed by atoms with Crippen LogP contribution in [0.2, 0.25) is 0 Å². The number of carbonyl (C=O) groups excluding carboxylic acids is 1. The molecule has 2 saturated heterocycles. The second kappa shape index (κ2) is 12.8. The number of phenolic OH excluding ortho intramolecular Hbond substituents is 1. The monoisotopic (exact) mass is 630 g/mol. The molecular formula is C34H33F3N6O3. The van der Waals surface area contributed by atoms with Crippen LogP contribution in [0.15, 0.2) is 43.1 Å². The summed E-state index contributed by atoms with van der Waals surface area (Å²) in [6.07, 6.45) is 9.97. The van der Waals surface area contributed by atoms with Crippen molar-refractivity contribution in [1.82, 2.24) is 25.2 Å². The zero-order valence-corrected chi connectivity index (χ0v) is 25.3. The lowest BCUT2D eigenvalue weighted by molar-refractivity contribution is -0.117. The highest BCUT2D eigenvalue weighted by molar-refractivity contribution is 6.03. The number of aromatic hydroxyl groups is 1. The third-order valence-electron chi connectivity index (χ3n) is 8.64. The molecule has 2 aromatic carbocycles. The molecular weight excluding hydrogens is 597 g/mol. The highest BCUT2D eigenvalue weighted by Gasteiger charge is 2.31. The predicted octanol–water partition coefficient (Wildman–Crippen LogP) is 4.89. The van der Waals surface area contributed by atoms with E-state index in [0.29, 0.717) is 29.7 Å². The Labute approximate surface area is 264 Å². The summed E-state index contributed by atoms with van der Waals surface area (Å²) in [4.78, 5) is 29.5. The van der Waals surface area contributed by atoms with Gasteiger partial charge in [-0.2, -0.15) is 9.97 Å². The predicted molar refractivity (Wildman–Crippen MR) is 169 cm³/mol. The molecule has 6 rings (SSSR count). The summed E-state index contributed by atoms with van der Waals surface area (Å²) in [5.74, 6) is 0.693. The van der Waals surface area contributed by atoms with E-state index in [2.05, 4.69) is 32.8 Å². The van der Waals surface area contributed by atoms with Crippen molar-refractivity contribution in [1.29, 1.82) is 0 Å². The number of halogens is 3. The van der Waals surface area contributed by atoms with Crippen molar-refractivity contribution in [2.24, 2.45) is 0 Å². The van der Waals surface area contributed by atoms with Crippen LogP contribution >= 0.6 is 0 Å². The number of hydrogen-bond donors (Lipinski definition) is 2. The average Bonchev–Trinajstić information content (AvgIpc) is 3.20. The van der Waals surface area contributed by atoms with E-state index in [1.807, 2.05) is 9.80 Å². The van der Waals surface area contributed by atoms with Crippen molar-refractivity contribution in [2.75, 3.05) is 38.2 Å². The topological polar surface area (TPSA) is 104 Å². The van der Waals surface area contributed by atoms with Crippen molar-refractivity contribution < 1.29 is 27.8 Å². The number of amides is 1. The van der Waals surface area contributed by atoms with Crippen LogP contribution < -0.4 is 15.0 Å². The van der Waals surface area contributed by atoms with Crippen LogP contribution in [0.1, 0.15) is 31.2 Å². The summed E-state index contributed by atoms with van der Waals surface area (Å²) in [5, 5.41) is 14.4. The number of hydrogen-bond acceptors (Lipinski definition) is 8. The van der Waals surface area contributed by atoms with Gasteiger partial charge in [0.25, 0.3) is 0 Å². The molecule has 9 nitrogen and oxygen atoms in total. The van der Waals surface area contributed by atoms with E-state index in [1.165, 1.54) is 36.5 Å². The molecule has 0 radical (unpaired) electrons. The molecule has 1 amide bonds. The Balaban J connectivity index is 1.50. The summed E-state index contributed by atoms with van der Waals surface area (Å²) in [6.45, 7) is 4.85. The fourth-order valence-corrected chi connectivity index (χ4v) is 6.36. The van der Waals surface area contributed by atoms with E-state index in [1.54, 1.807) is 7.05 Å². The molecule has 1 unspecified atom stereocenters. The average molecular weight is 631 g/mol. The van der Waals surface area contributed by atoms with Crippen molar-refractivity contribution in [3.63, 3.8) is 0 Å². The molecule has 46 heavy (non-hydrogen) atoms. The maximum Gasteiger partial charge on any atom is 0.319 e. The van der Waals surface area contributed by atoms with Crippen LogP contribution in [-0.2, 0) is 4.79 Å². The Morgan fingerprint density at radius 3 is 2.83 bits per heavy atom. The molecule has 0 bridgehead atoms. The van der Waals surface area contributed by atoms with Gasteiger partial charge in [-0.25, -0.2) is 13.2 Å². The Bertz CT molecular complexity index is 1880. The second-order valence-corrected chi connectivity index (χ2v) is 11.8. The molecule has 2 aromatic heterocycles. The number of aromatic nitrogens is 3. The van der Waals surface area contributed by atoms with Gasteiger partial charge in [-0.1, -0.05) is 18.6 Å². The molecule has 0 spiro atoms. The molecule has 4 aromatic rings. The number of terminal acetylenes is 1. The minimum Gasteiger partial charge on any atom is -0.508 e. The number of anilines is 1. The maximum absolute atomic E-state index is 16.7. The number of alkyl halides is 1. The Kier molecular flexibility index (Phi) is 8.69. The number of rotatable bonds is 7. The van der Waals surface area contributed by atoms with E-state index in [-0.39, 0.29) is 77.0 Å². The van der Waals surface area contributed by atoms with Gasteiger partial charge in [0.05, 0.1) is 10.9 Å². The molecule has 2 N–H and O–H groups in total. The first-order chi connectivity index (χ1) is 22.2. The van der Waals surface area contributed by atoms with Gasteiger partial charge in [0.2, 0.25) is 5.91 Å². The molecule has 4 heterocycles. The normalized spacial score (nSPS) is 20.4. The van der Waals surface area contributed by atoms with Crippen LogP contribution in [0.25, 0.3) is 32.9 Å². The molecule has 0 aliphatic carbocycles. The molecule has 2 aliphatic rings. The van der Waals surface area contributed by atoms with Crippen LogP contribution in [0.5, 0.6) is 11.8 Å². The number of nitrogens with zero attached hydrogens (tertiary/aromatic N) is 5. The van der Waals surface area contributed by atoms with E-state index in [4.69, 9.17) is 11.2 Å². The van der Waals surface area contributed by atoms with Gasteiger partial charge >= 0.3 is 6.01 Å². The quantitative estimate of drug-likeness (QED) is 0.220. The third-order valence-corrected chi connectivity index (χ3v) is 8.64. The van der Waals surface area contributed by atoms with Gasteiger partial charge in [-0.15, -0.1) is 6.42 Å². The summed E-state index contributed by atoms with van der Waals surface area (Å²) in [7, 11) is 1.81. The van der Waals surface area contributed by atoms with Gasteiger partial charge < -0.3 is 20.1 Å². The Hall–Kier alpha value is -4.89. The number of benzene rings is 2. The largest absolute Gasteiger partial charge is 0.508 e. The van der Waals surface area contributed by atoms with Crippen molar-refractivity contribution in [2.45, 2.75) is 43.9 Å². The van der Waals surface area contributed by atoms with E-state index >= 15 is 4.39 Å². The first-order valence-electron chi connectivity index (χ1n) is 15.1. The molecule has 0 saturated carbocycles. The van der Waals surface area contributed by atoms with Crippen LogP contribution in [0.4, 0.5) is 19.0 Å².